The van der Waals surface area contributed by atoms with Crippen LogP contribution in [0.4, 0.5) is 0 Å². The van der Waals surface area contributed by atoms with Gasteiger partial charge in [-0.25, -0.2) is 0 Å². The SMILES string of the molecule is C[C@H](CO)C1=C2[C@H]3C[C@H]4O[C@](O)(C=C4C=O)[C@]3(C)CC[C@@]2(C)CC1. The largest absolute Gasteiger partial charge is 0.396 e. The van der Waals surface area contributed by atoms with Crippen LogP contribution in [0.15, 0.2) is 22.8 Å². The van der Waals surface area contributed by atoms with Crippen molar-refractivity contribution < 1.29 is 19.7 Å². The molecule has 0 aromatic heterocycles. The number of carbonyl (C=O) groups is 1. The molecule has 0 unspecified atom stereocenters. The summed E-state index contributed by atoms with van der Waals surface area (Å²) in [4.78, 5) is 11.4. The third kappa shape index (κ3) is 1.88. The molecule has 1 saturated heterocycles. The Hall–Kier alpha value is -0.970. The summed E-state index contributed by atoms with van der Waals surface area (Å²) in [6, 6.07) is 0. The maximum Gasteiger partial charge on any atom is 0.192 e. The lowest BCUT2D eigenvalue weighted by Crippen LogP contribution is -2.58. The molecule has 0 aromatic carbocycles. The molecule has 4 heteroatoms. The molecule has 2 aliphatic heterocycles. The molecule has 2 fully saturated rings. The van der Waals surface area contributed by atoms with Gasteiger partial charge in [-0.05, 0) is 49.5 Å². The Morgan fingerprint density at radius 3 is 2.79 bits per heavy atom. The monoisotopic (exact) mass is 332 g/mol. The number of aldehydes is 1. The molecule has 0 amide bonds. The molecule has 4 nitrogen and oxygen atoms in total. The smallest absolute Gasteiger partial charge is 0.192 e. The van der Waals surface area contributed by atoms with Crippen molar-refractivity contribution in [3.63, 3.8) is 0 Å². The lowest BCUT2D eigenvalue weighted by Gasteiger charge is -2.57. The highest BCUT2D eigenvalue weighted by Gasteiger charge is 2.65. The van der Waals surface area contributed by atoms with Gasteiger partial charge in [0.15, 0.2) is 5.79 Å². The molecule has 0 aromatic rings. The van der Waals surface area contributed by atoms with E-state index in [1.807, 2.05) is 0 Å². The van der Waals surface area contributed by atoms with Gasteiger partial charge in [-0.1, -0.05) is 31.9 Å². The Bertz CT molecular complexity index is 650. The maximum absolute atomic E-state index is 11.4. The second-order valence-corrected chi connectivity index (χ2v) is 8.85. The van der Waals surface area contributed by atoms with Crippen LogP contribution in [0, 0.1) is 22.7 Å². The third-order valence-corrected chi connectivity index (χ3v) is 7.58. The fourth-order valence-electron chi connectivity index (χ4n) is 5.87. The number of hydrogen-bond acceptors (Lipinski definition) is 4. The highest BCUT2D eigenvalue weighted by atomic mass is 16.6. The van der Waals surface area contributed by atoms with Crippen LogP contribution in [-0.4, -0.2) is 35.0 Å². The minimum Gasteiger partial charge on any atom is -0.396 e. The highest BCUT2D eigenvalue weighted by molar-refractivity contribution is 5.76. The molecule has 4 rings (SSSR count). The molecule has 2 aliphatic carbocycles. The molecule has 1 saturated carbocycles. The lowest BCUT2D eigenvalue weighted by atomic mass is 9.52. The Morgan fingerprint density at radius 2 is 2.12 bits per heavy atom. The molecular formula is C20H28O4. The van der Waals surface area contributed by atoms with Crippen LogP contribution in [0.25, 0.3) is 0 Å². The van der Waals surface area contributed by atoms with Crippen LogP contribution < -0.4 is 0 Å². The summed E-state index contributed by atoms with van der Waals surface area (Å²) < 4.78 is 5.92. The van der Waals surface area contributed by atoms with E-state index in [1.165, 1.54) is 11.1 Å². The van der Waals surface area contributed by atoms with Gasteiger partial charge < -0.3 is 14.9 Å². The van der Waals surface area contributed by atoms with Gasteiger partial charge in [-0.15, -0.1) is 0 Å². The van der Waals surface area contributed by atoms with E-state index < -0.39 is 11.2 Å². The normalized spacial score (nSPS) is 48.0. The van der Waals surface area contributed by atoms with E-state index >= 15 is 0 Å². The lowest BCUT2D eigenvalue weighted by molar-refractivity contribution is -0.288. The first-order chi connectivity index (χ1) is 11.3. The predicted molar refractivity (Wildman–Crippen MR) is 90.0 cm³/mol. The first kappa shape index (κ1) is 16.5. The van der Waals surface area contributed by atoms with Gasteiger partial charge in [-0.3, -0.25) is 4.79 Å². The van der Waals surface area contributed by atoms with Crippen LogP contribution >= 0.6 is 0 Å². The number of carbonyl (C=O) groups excluding carboxylic acids is 1. The van der Waals surface area contributed by atoms with Crippen molar-refractivity contribution in [3.8, 4) is 0 Å². The van der Waals surface area contributed by atoms with Gasteiger partial charge in [-0.2, -0.15) is 0 Å². The average molecular weight is 332 g/mol. The van der Waals surface area contributed by atoms with Crippen LogP contribution in [0.1, 0.15) is 52.9 Å². The van der Waals surface area contributed by atoms with Crippen molar-refractivity contribution >= 4 is 6.29 Å². The Morgan fingerprint density at radius 1 is 1.38 bits per heavy atom. The molecule has 2 bridgehead atoms. The summed E-state index contributed by atoms with van der Waals surface area (Å²) in [6.45, 7) is 6.72. The zero-order valence-corrected chi connectivity index (χ0v) is 14.8. The van der Waals surface area contributed by atoms with Gasteiger partial charge in [0.05, 0.1) is 6.10 Å². The summed E-state index contributed by atoms with van der Waals surface area (Å²) in [6.07, 6.45) is 7.05. The van der Waals surface area contributed by atoms with E-state index in [2.05, 4.69) is 20.8 Å². The zero-order valence-electron chi connectivity index (χ0n) is 14.8. The van der Waals surface area contributed by atoms with E-state index in [0.717, 1.165) is 38.4 Å². The fourth-order valence-corrected chi connectivity index (χ4v) is 5.87. The second-order valence-electron chi connectivity index (χ2n) is 8.85. The number of rotatable bonds is 3. The number of hydrogen-bond donors (Lipinski definition) is 2. The van der Waals surface area contributed by atoms with Crippen molar-refractivity contribution in [1.29, 1.82) is 0 Å². The molecule has 2 heterocycles. The second kappa shape index (κ2) is 5.03. The van der Waals surface area contributed by atoms with Crippen molar-refractivity contribution in [2.75, 3.05) is 6.61 Å². The molecule has 2 N–H and O–H groups in total. The maximum atomic E-state index is 11.4. The van der Waals surface area contributed by atoms with Crippen molar-refractivity contribution in [1.82, 2.24) is 0 Å². The van der Waals surface area contributed by atoms with Crippen LogP contribution in [-0.2, 0) is 9.53 Å². The topological polar surface area (TPSA) is 66.8 Å². The molecular weight excluding hydrogens is 304 g/mol. The minimum atomic E-state index is -1.35. The van der Waals surface area contributed by atoms with E-state index in [0.29, 0.717) is 5.57 Å². The van der Waals surface area contributed by atoms with Crippen LogP contribution in [0.2, 0.25) is 0 Å². The molecule has 24 heavy (non-hydrogen) atoms. The van der Waals surface area contributed by atoms with Gasteiger partial charge in [0.1, 0.15) is 6.29 Å². The molecule has 0 radical (unpaired) electrons. The van der Waals surface area contributed by atoms with E-state index in [4.69, 9.17) is 4.74 Å². The van der Waals surface area contributed by atoms with Crippen molar-refractivity contribution in [2.45, 2.75) is 64.8 Å². The summed E-state index contributed by atoms with van der Waals surface area (Å²) in [5, 5.41) is 20.9. The van der Waals surface area contributed by atoms with Gasteiger partial charge in [0, 0.05) is 23.5 Å². The number of aliphatic hydroxyl groups is 2. The van der Waals surface area contributed by atoms with Gasteiger partial charge in [0.2, 0.25) is 0 Å². The molecule has 6 atom stereocenters. The number of fused-ring (bicyclic) bond motifs is 6. The van der Waals surface area contributed by atoms with Crippen LogP contribution in [0.5, 0.6) is 0 Å². The minimum absolute atomic E-state index is 0.164. The summed E-state index contributed by atoms with van der Waals surface area (Å²) in [7, 11) is 0. The highest BCUT2D eigenvalue weighted by Crippen LogP contribution is 2.67. The summed E-state index contributed by atoms with van der Waals surface area (Å²) >= 11 is 0. The Kier molecular flexibility index (Phi) is 3.45. The van der Waals surface area contributed by atoms with Crippen LogP contribution in [0.3, 0.4) is 0 Å². The van der Waals surface area contributed by atoms with Gasteiger partial charge in [0.25, 0.3) is 0 Å². The number of ether oxygens (including phenoxy) is 1. The van der Waals surface area contributed by atoms with Gasteiger partial charge >= 0.3 is 0 Å². The Labute approximate surface area is 143 Å². The van der Waals surface area contributed by atoms with Crippen molar-refractivity contribution in [3.05, 3.63) is 22.8 Å². The third-order valence-electron chi connectivity index (χ3n) is 7.58. The van der Waals surface area contributed by atoms with E-state index in [1.54, 1.807) is 6.08 Å². The van der Waals surface area contributed by atoms with E-state index in [9.17, 15) is 15.0 Å². The summed E-state index contributed by atoms with van der Waals surface area (Å²) in [5.41, 5.74) is 3.18. The number of aliphatic hydroxyl groups excluding tert-OH is 1. The predicted octanol–water partition coefficient (Wildman–Crippen LogP) is 2.74. The first-order valence-electron chi connectivity index (χ1n) is 9.20. The summed E-state index contributed by atoms with van der Waals surface area (Å²) in [5.74, 6) is -0.973. The number of allylic oxidation sites excluding steroid dienone is 1. The standard InChI is InChI=1S/C20H28O4/c1-12(10-21)14-4-5-18(2)6-7-19(3)15(17(14)18)8-16-13(11-22)9-20(19,23)24-16/h9,11-12,15-16,21,23H,4-8,10H2,1-3H3/t12-,15-,16-,18-,19-,20-/m1/s1. The average Bonchev–Trinajstić information content (AvgIpc) is 3.05. The molecule has 132 valence electrons. The van der Waals surface area contributed by atoms with E-state index in [-0.39, 0.29) is 30.0 Å². The first-order valence-corrected chi connectivity index (χ1v) is 9.20. The quantitative estimate of drug-likeness (QED) is 0.616. The molecule has 0 spiro atoms. The zero-order chi connectivity index (χ0) is 17.3. The Balaban J connectivity index is 1.85. The van der Waals surface area contributed by atoms with Crippen molar-refractivity contribution in [2.24, 2.45) is 22.7 Å². The molecule has 4 aliphatic rings. The fraction of sp³-hybridized carbons (Fsp3) is 0.750.